The van der Waals surface area contributed by atoms with Crippen LogP contribution in [0.15, 0.2) is 47.4 Å². The molecule has 2 rings (SSSR count). The van der Waals surface area contributed by atoms with Crippen molar-refractivity contribution >= 4 is 21.6 Å². The van der Waals surface area contributed by atoms with Gasteiger partial charge in [0.1, 0.15) is 5.82 Å². The first-order chi connectivity index (χ1) is 12.4. The van der Waals surface area contributed by atoms with Crippen molar-refractivity contribution in [1.82, 2.24) is 4.72 Å². The molecule has 146 valence electrons. The first-order valence-electron chi connectivity index (χ1n) is 7.31. The van der Waals surface area contributed by atoms with Crippen molar-refractivity contribution in [3.63, 3.8) is 0 Å². The van der Waals surface area contributed by atoms with Crippen LogP contribution in [0.5, 0.6) is 0 Å². The van der Waals surface area contributed by atoms with Gasteiger partial charge >= 0.3 is 6.18 Å². The Balaban J connectivity index is 2.23. The molecule has 0 saturated heterocycles. The summed E-state index contributed by atoms with van der Waals surface area (Å²) in [5.74, 6) is -1.27. The van der Waals surface area contributed by atoms with Crippen LogP contribution >= 0.6 is 0 Å². The summed E-state index contributed by atoms with van der Waals surface area (Å²) in [5.41, 5.74) is 0.280. The van der Waals surface area contributed by atoms with Crippen LogP contribution in [0.2, 0.25) is 0 Å². The molecular weight excluding hydrogens is 395 g/mol. The summed E-state index contributed by atoms with van der Waals surface area (Å²) in [6.07, 6.45) is -9.20. The summed E-state index contributed by atoms with van der Waals surface area (Å²) in [4.78, 5) is 11.5. The van der Waals surface area contributed by atoms with Gasteiger partial charge in [-0.1, -0.05) is 6.07 Å². The van der Waals surface area contributed by atoms with Gasteiger partial charge in [-0.3, -0.25) is 4.79 Å². The largest absolute Gasteiger partial charge is 0.434 e. The van der Waals surface area contributed by atoms with E-state index in [-0.39, 0.29) is 16.8 Å². The highest BCUT2D eigenvalue weighted by atomic mass is 32.2. The molecule has 0 aliphatic rings. The summed E-state index contributed by atoms with van der Waals surface area (Å²) >= 11 is 0. The van der Waals surface area contributed by atoms with Gasteiger partial charge in [0.05, 0.1) is 4.90 Å². The fourth-order valence-electron chi connectivity index (χ4n) is 2.00. The van der Waals surface area contributed by atoms with Crippen molar-refractivity contribution in [3.05, 3.63) is 59.4 Å². The predicted octanol–water partition coefficient (Wildman–Crippen LogP) is 3.52. The number of carbonyl (C=O) groups excluding carboxylic acids is 1. The maximum Gasteiger partial charge on any atom is 0.434 e. The third-order valence-electron chi connectivity index (χ3n) is 3.37. The van der Waals surface area contributed by atoms with Crippen LogP contribution < -0.4 is 10.0 Å². The van der Waals surface area contributed by atoms with Crippen molar-refractivity contribution in [2.45, 2.75) is 24.3 Å². The summed E-state index contributed by atoms with van der Waals surface area (Å²) < 4.78 is 87.5. The third kappa shape index (κ3) is 5.23. The lowest BCUT2D eigenvalue weighted by Crippen LogP contribution is -2.42. The second kappa shape index (κ2) is 7.61. The zero-order valence-electron chi connectivity index (χ0n) is 13.6. The average Bonchev–Trinajstić information content (AvgIpc) is 2.57. The quantitative estimate of drug-likeness (QED) is 0.587. The second-order valence-electron chi connectivity index (χ2n) is 5.47. The molecule has 0 unspecified atom stereocenters. The third-order valence-corrected chi connectivity index (χ3v) is 4.76. The molecule has 2 N–H and O–H groups in total. The zero-order valence-corrected chi connectivity index (χ0v) is 14.5. The Morgan fingerprint density at radius 2 is 1.78 bits per heavy atom. The fourth-order valence-corrected chi connectivity index (χ4v) is 3.08. The van der Waals surface area contributed by atoms with E-state index in [2.05, 4.69) is 5.32 Å². The molecule has 0 aliphatic heterocycles. The second-order valence-corrected chi connectivity index (χ2v) is 7.19. The molecule has 0 radical (unpaired) electrons. The summed E-state index contributed by atoms with van der Waals surface area (Å²) in [5, 5.41) is 2.40. The molecule has 0 aliphatic carbocycles. The highest BCUT2D eigenvalue weighted by Gasteiger charge is 2.43. The van der Waals surface area contributed by atoms with Crippen molar-refractivity contribution in [1.29, 1.82) is 0 Å². The number of alkyl halides is 4. The van der Waals surface area contributed by atoms with Gasteiger partial charge in [-0.05, 0) is 48.9 Å². The molecule has 2 aromatic carbocycles. The lowest BCUT2D eigenvalue weighted by molar-refractivity contribution is -0.183. The maximum absolute atomic E-state index is 13.2. The first-order valence-corrected chi connectivity index (χ1v) is 8.79. The average molecular weight is 408 g/mol. The van der Waals surface area contributed by atoms with Gasteiger partial charge in [0.15, 0.2) is 0 Å². The van der Waals surface area contributed by atoms with Crippen molar-refractivity contribution in [2.75, 3.05) is 5.32 Å². The van der Waals surface area contributed by atoms with Crippen LogP contribution in [-0.4, -0.2) is 26.8 Å². The Bertz CT molecular complexity index is 961. The number of anilines is 1. The van der Waals surface area contributed by atoms with Crippen molar-refractivity contribution < 1.29 is 35.2 Å². The first kappa shape index (κ1) is 20.8. The zero-order chi connectivity index (χ0) is 20.4. The fraction of sp³-hybridized carbons (Fsp3) is 0.188. The van der Waals surface area contributed by atoms with Gasteiger partial charge in [-0.2, -0.15) is 17.9 Å². The lowest BCUT2D eigenvalue weighted by atomic mass is 10.2. The van der Waals surface area contributed by atoms with Crippen LogP contribution in [0.3, 0.4) is 0 Å². The number of hydrogen-bond donors (Lipinski definition) is 2. The minimum atomic E-state index is -5.41. The molecule has 0 aromatic heterocycles. The molecule has 5 nitrogen and oxygen atoms in total. The minimum Gasteiger partial charge on any atom is -0.322 e. The topological polar surface area (TPSA) is 75.3 Å². The predicted molar refractivity (Wildman–Crippen MR) is 86.8 cm³/mol. The number of amides is 1. The van der Waals surface area contributed by atoms with E-state index in [4.69, 9.17) is 0 Å². The van der Waals surface area contributed by atoms with Gasteiger partial charge in [-0.25, -0.2) is 17.2 Å². The van der Waals surface area contributed by atoms with Crippen molar-refractivity contribution in [3.8, 4) is 0 Å². The molecule has 0 bridgehead atoms. The number of hydrogen-bond acceptors (Lipinski definition) is 3. The van der Waals surface area contributed by atoms with Crippen LogP contribution in [0.4, 0.5) is 27.6 Å². The number of rotatable bonds is 5. The Kier molecular flexibility index (Phi) is 5.85. The summed E-state index contributed by atoms with van der Waals surface area (Å²) in [6, 6.07) is 7.75. The van der Waals surface area contributed by atoms with E-state index in [0.29, 0.717) is 0 Å². The van der Waals surface area contributed by atoms with Crippen LogP contribution in [0.25, 0.3) is 0 Å². The summed E-state index contributed by atoms with van der Waals surface area (Å²) in [7, 11) is -4.86. The molecule has 0 saturated carbocycles. The molecular formula is C16H13F5N2O3S. The highest BCUT2D eigenvalue weighted by molar-refractivity contribution is 7.89. The molecule has 27 heavy (non-hydrogen) atoms. The molecule has 2 aromatic rings. The van der Waals surface area contributed by atoms with E-state index in [1.165, 1.54) is 25.1 Å². The van der Waals surface area contributed by atoms with E-state index in [1.54, 1.807) is 0 Å². The number of halogens is 5. The van der Waals surface area contributed by atoms with Crippen LogP contribution in [0, 0.1) is 12.7 Å². The van der Waals surface area contributed by atoms with Crippen LogP contribution in [-0.2, 0) is 10.0 Å². The van der Waals surface area contributed by atoms with Gasteiger partial charge in [0, 0.05) is 11.3 Å². The highest BCUT2D eigenvalue weighted by Crippen LogP contribution is 2.23. The maximum atomic E-state index is 13.2. The molecule has 1 atom stereocenters. The molecule has 11 heteroatoms. The number of benzene rings is 2. The molecule has 0 heterocycles. The summed E-state index contributed by atoms with van der Waals surface area (Å²) in [6.45, 7) is 1.47. The molecule has 0 fully saturated rings. The monoisotopic (exact) mass is 408 g/mol. The Morgan fingerprint density at radius 1 is 1.11 bits per heavy atom. The number of carbonyl (C=O) groups is 1. The minimum absolute atomic E-state index is 0.206. The van der Waals surface area contributed by atoms with E-state index < -0.39 is 39.1 Å². The molecule has 0 spiro atoms. The number of nitrogens with one attached hydrogen (secondary N) is 2. The van der Waals surface area contributed by atoms with E-state index in [9.17, 15) is 35.2 Å². The Morgan fingerprint density at radius 3 is 2.37 bits per heavy atom. The smallest absolute Gasteiger partial charge is 0.322 e. The van der Waals surface area contributed by atoms with E-state index >= 15 is 0 Å². The van der Waals surface area contributed by atoms with Gasteiger partial charge in [0.25, 0.3) is 12.2 Å². The van der Waals surface area contributed by atoms with E-state index in [0.717, 1.165) is 29.0 Å². The Labute approximate surface area is 151 Å². The van der Waals surface area contributed by atoms with Gasteiger partial charge < -0.3 is 5.32 Å². The number of aryl methyl sites for hydroxylation is 1. The lowest BCUT2D eigenvalue weighted by Gasteiger charge is -2.14. The standard InChI is InChI=1S/C16H13F5N2O3S/c1-9-7-11(5-6-13(9)17)22-14(24)10-3-2-4-12(8-10)27(25,26)23-15(18)16(19,20)21/h2-8,15,23H,1H3,(H,22,24)/t15-/m0/s1. The van der Waals surface area contributed by atoms with Gasteiger partial charge in [0.2, 0.25) is 10.0 Å². The normalized spacial score (nSPS) is 13.3. The van der Waals surface area contributed by atoms with Crippen LogP contribution in [0.1, 0.15) is 15.9 Å². The van der Waals surface area contributed by atoms with E-state index in [1.807, 2.05) is 0 Å². The number of sulfonamides is 1. The van der Waals surface area contributed by atoms with Gasteiger partial charge in [-0.15, -0.1) is 0 Å². The SMILES string of the molecule is Cc1cc(NC(=O)c2cccc(S(=O)(=O)N[C@H](F)C(F)(F)F)c2)ccc1F. The molecule has 1 amide bonds. The van der Waals surface area contributed by atoms with Crippen molar-refractivity contribution in [2.24, 2.45) is 0 Å². The Hall–Kier alpha value is -2.53.